The van der Waals surface area contributed by atoms with Gasteiger partial charge < -0.3 is 21.1 Å². The monoisotopic (exact) mass is 551 g/mol. The summed E-state index contributed by atoms with van der Waals surface area (Å²) in [5, 5.41) is 14.9. The summed E-state index contributed by atoms with van der Waals surface area (Å²) in [6.45, 7) is 0.956. The van der Waals surface area contributed by atoms with Crippen LogP contribution in [0, 0.1) is 0 Å². The zero-order valence-corrected chi connectivity index (χ0v) is 21.1. The lowest BCUT2D eigenvalue weighted by Gasteiger charge is -2.34. The number of carboxylic acids is 1. The van der Waals surface area contributed by atoms with Crippen LogP contribution in [0.4, 0.5) is 0 Å². The number of hydrazine groups is 2. The van der Waals surface area contributed by atoms with E-state index in [1.54, 1.807) is 0 Å². The number of hydrogen-bond acceptors (Lipinski definition) is 10. The summed E-state index contributed by atoms with van der Waals surface area (Å²) in [5.74, 6) is -9.87. The van der Waals surface area contributed by atoms with Gasteiger partial charge in [-0.3, -0.25) is 60.1 Å². The number of carboxylic acid groups (broad SMARTS) is 1. The SMILES string of the molecule is CC(=O)NC(NC(=O)CCC(=O)O)(NC(=O)CCC(=O)NNC(=O)CCS)C(=O)NNC(=O)CCS. The highest BCUT2D eigenvalue weighted by molar-refractivity contribution is 7.80. The lowest BCUT2D eigenvalue weighted by Crippen LogP contribution is -2.77. The number of rotatable bonds is 14. The summed E-state index contributed by atoms with van der Waals surface area (Å²) in [6, 6.07) is 0. The van der Waals surface area contributed by atoms with Crippen molar-refractivity contribution in [2.45, 2.75) is 51.2 Å². The minimum absolute atomic E-state index is 0.0321. The summed E-state index contributed by atoms with van der Waals surface area (Å²) >= 11 is 7.72. The first-order valence-electron chi connectivity index (χ1n) is 10.4. The van der Waals surface area contributed by atoms with Gasteiger partial charge >= 0.3 is 11.9 Å². The third-order valence-electron chi connectivity index (χ3n) is 3.84. The number of carbonyl (C=O) groups is 8. The lowest BCUT2D eigenvalue weighted by molar-refractivity contribution is -0.146. The second-order valence-corrected chi connectivity index (χ2v) is 7.86. The van der Waals surface area contributed by atoms with Crippen LogP contribution in [0.3, 0.4) is 0 Å². The predicted molar refractivity (Wildman–Crippen MR) is 128 cm³/mol. The molecule has 7 amide bonds. The number of thiol groups is 2. The van der Waals surface area contributed by atoms with Crippen molar-refractivity contribution in [3.8, 4) is 0 Å². The second-order valence-electron chi connectivity index (χ2n) is 6.97. The fraction of sp³-hybridized carbons (Fsp3) is 0.556. The number of carbonyl (C=O) groups excluding carboxylic acids is 7. The van der Waals surface area contributed by atoms with Gasteiger partial charge in [-0.25, -0.2) is 0 Å². The van der Waals surface area contributed by atoms with E-state index in [4.69, 9.17) is 5.11 Å². The number of nitrogens with one attached hydrogen (secondary N) is 7. The summed E-state index contributed by atoms with van der Waals surface area (Å²) in [5.41, 5.74) is 8.09. The molecule has 0 radical (unpaired) electrons. The largest absolute Gasteiger partial charge is 0.481 e. The van der Waals surface area contributed by atoms with Crippen LogP contribution in [0.25, 0.3) is 0 Å². The Morgan fingerprint density at radius 1 is 0.583 bits per heavy atom. The Morgan fingerprint density at radius 2 is 0.972 bits per heavy atom. The van der Waals surface area contributed by atoms with Crippen LogP contribution in [-0.2, 0) is 38.4 Å². The van der Waals surface area contributed by atoms with Gasteiger partial charge in [-0.2, -0.15) is 25.3 Å². The highest BCUT2D eigenvalue weighted by atomic mass is 32.1. The van der Waals surface area contributed by atoms with Crippen molar-refractivity contribution >= 4 is 72.6 Å². The molecule has 16 nitrogen and oxygen atoms in total. The van der Waals surface area contributed by atoms with Crippen molar-refractivity contribution in [2.24, 2.45) is 0 Å². The molecule has 0 rings (SSSR count). The van der Waals surface area contributed by atoms with Crippen molar-refractivity contribution in [1.29, 1.82) is 0 Å². The average Bonchev–Trinajstić information content (AvgIpc) is 2.78. The Morgan fingerprint density at radius 3 is 1.39 bits per heavy atom. The minimum atomic E-state index is -2.66. The van der Waals surface area contributed by atoms with Crippen LogP contribution in [0.5, 0.6) is 0 Å². The van der Waals surface area contributed by atoms with Crippen LogP contribution in [0.1, 0.15) is 45.4 Å². The highest BCUT2D eigenvalue weighted by Gasteiger charge is 2.43. The van der Waals surface area contributed by atoms with E-state index in [0.717, 1.165) is 6.92 Å². The van der Waals surface area contributed by atoms with Gasteiger partial charge in [0.2, 0.25) is 35.4 Å². The first-order valence-corrected chi connectivity index (χ1v) is 11.6. The highest BCUT2D eigenvalue weighted by Crippen LogP contribution is 2.03. The maximum absolute atomic E-state index is 12.9. The van der Waals surface area contributed by atoms with Crippen molar-refractivity contribution in [3.63, 3.8) is 0 Å². The molecule has 8 N–H and O–H groups in total. The van der Waals surface area contributed by atoms with Crippen LogP contribution >= 0.6 is 25.3 Å². The van der Waals surface area contributed by atoms with Gasteiger partial charge in [0.05, 0.1) is 6.42 Å². The van der Waals surface area contributed by atoms with Gasteiger partial charge in [0, 0.05) is 39.0 Å². The van der Waals surface area contributed by atoms with Crippen LogP contribution in [0.15, 0.2) is 0 Å². The molecule has 0 bridgehead atoms. The molecule has 1 unspecified atom stereocenters. The Labute approximate surface area is 216 Å². The molecular weight excluding hydrogens is 522 g/mol. The third-order valence-corrected chi connectivity index (χ3v) is 4.28. The molecule has 0 aromatic carbocycles. The minimum Gasteiger partial charge on any atom is -0.481 e. The number of aliphatic carboxylic acids is 1. The summed E-state index contributed by atoms with van der Waals surface area (Å²) < 4.78 is 0. The maximum Gasteiger partial charge on any atom is 0.307 e. The molecule has 0 aliphatic carbocycles. The van der Waals surface area contributed by atoms with E-state index in [0.29, 0.717) is 0 Å². The Hall–Kier alpha value is -3.54. The Balaban J connectivity index is 5.55. The standard InChI is InChI=1S/C18H29N7O9S2/c1-10(26)19-18(21-12(28)4-5-16(32)33,17(34)25-24-15(31)7-9-36)20-11(27)2-3-13(29)22-23-14(30)6-8-35/h35-36H,2-9H2,1H3,(H,19,26)(H,20,27)(H,21,28)(H,22,29)(H,23,30)(H,24,31)(H,25,34)(H,32,33). The predicted octanol–water partition coefficient (Wildman–Crippen LogP) is -3.41. The van der Waals surface area contributed by atoms with Gasteiger partial charge in [-0.15, -0.1) is 0 Å². The van der Waals surface area contributed by atoms with Crippen molar-refractivity contribution in [1.82, 2.24) is 37.7 Å². The molecule has 202 valence electrons. The molecule has 18 heteroatoms. The van der Waals surface area contributed by atoms with E-state index >= 15 is 0 Å². The van der Waals surface area contributed by atoms with Gasteiger partial charge in [0.25, 0.3) is 5.79 Å². The fourth-order valence-electron chi connectivity index (χ4n) is 2.27. The molecule has 36 heavy (non-hydrogen) atoms. The van der Waals surface area contributed by atoms with E-state index < -0.39 is 78.8 Å². The normalized spacial score (nSPS) is 11.6. The van der Waals surface area contributed by atoms with Gasteiger partial charge in [-0.05, 0) is 11.5 Å². The third kappa shape index (κ3) is 14.0. The number of amides is 7. The molecular formula is C18H29N7O9S2. The zero-order valence-electron chi connectivity index (χ0n) is 19.3. The lowest BCUT2D eigenvalue weighted by atomic mass is 10.2. The van der Waals surface area contributed by atoms with Gasteiger partial charge in [0.1, 0.15) is 0 Å². The molecule has 0 aromatic rings. The molecule has 0 saturated heterocycles. The summed E-state index contributed by atoms with van der Waals surface area (Å²) in [7, 11) is 0. The average molecular weight is 552 g/mol. The smallest absolute Gasteiger partial charge is 0.307 e. The molecule has 0 fully saturated rings. The van der Waals surface area contributed by atoms with E-state index in [9.17, 15) is 38.4 Å². The Bertz CT molecular complexity index is 872. The summed E-state index contributed by atoms with van der Waals surface area (Å²) in [4.78, 5) is 95.1. The second kappa shape index (κ2) is 17.0. The van der Waals surface area contributed by atoms with Gasteiger partial charge in [-0.1, -0.05) is 0 Å². The summed E-state index contributed by atoms with van der Waals surface area (Å²) in [6.07, 6.45) is -2.37. The van der Waals surface area contributed by atoms with E-state index in [1.165, 1.54) is 0 Å². The van der Waals surface area contributed by atoms with Crippen LogP contribution in [0.2, 0.25) is 0 Å². The zero-order chi connectivity index (χ0) is 27.7. The topological polar surface area (TPSA) is 241 Å². The molecule has 1 atom stereocenters. The molecule has 0 aromatic heterocycles. The first-order chi connectivity index (χ1) is 16.8. The molecule has 0 aliphatic rings. The van der Waals surface area contributed by atoms with Crippen molar-refractivity contribution in [2.75, 3.05) is 11.5 Å². The van der Waals surface area contributed by atoms with Crippen molar-refractivity contribution < 1.29 is 43.5 Å². The Kier molecular flexibility index (Phi) is 15.3. The van der Waals surface area contributed by atoms with E-state index in [1.807, 2.05) is 21.5 Å². The van der Waals surface area contributed by atoms with Crippen LogP contribution < -0.4 is 37.7 Å². The molecule has 0 spiro atoms. The van der Waals surface area contributed by atoms with Crippen LogP contribution in [-0.4, -0.2) is 69.7 Å². The quantitative estimate of drug-likeness (QED) is 0.0586. The molecule has 0 aliphatic heterocycles. The fourth-order valence-corrected chi connectivity index (χ4v) is 2.68. The van der Waals surface area contributed by atoms with E-state index in [-0.39, 0.29) is 24.3 Å². The number of hydrogen-bond donors (Lipinski definition) is 10. The maximum atomic E-state index is 12.9. The van der Waals surface area contributed by atoms with Crippen molar-refractivity contribution in [3.05, 3.63) is 0 Å². The molecule has 0 heterocycles. The van der Waals surface area contributed by atoms with Gasteiger partial charge in [0.15, 0.2) is 0 Å². The van der Waals surface area contributed by atoms with E-state index in [2.05, 4.69) is 41.4 Å². The first kappa shape index (κ1) is 32.5. The molecule has 0 saturated carbocycles.